The van der Waals surface area contributed by atoms with Crippen LogP contribution in [0.4, 0.5) is 0 Å². The molecule has 1 amide bonds. The van der Waals surface area contributed by atoms with Crippen molar-refractivity contribution in [1.82, 2.24) is 20.4 Å². The first-order chi connectivity index (χ1) is 12.6. The molecular weight excluding hydrogens is 328 g/mol. The summed E-state index contributed by atoms with van der Waals surface area (Å²) in [4.78, 5) is 18.9. The second-order valence-electron chi connectivity index (χ2n) is 7.63. The van der Waals surface area contributed by atoms with Crippen LogP contribution in [0.2, 0.25) is 0 Å². The summed E-state index contributed by atoms with van der Waals surface area (Å²) in [6.07, 6.45) is 3.42. The number of benzene rings is 1. The van der Waals surface area contributed by atoms with Crippen LogP contribution in [-0.4, -0.2) is 33.5 Å². The van der Waals surface area contributed by atoms with Gasteiger partial charge in [0.25, 0.3) is 0 Å². The van der Waals surface area contributed by atoms with Crippen LogP contribution < -0.4 is 5.32 Å². The highest BCUT2D eigenvalue weighted by Crippen LogP contribution is 2.48. The van der Waals surface area contributed by atoms with E-state index in [0.717, 1.165) is 18.8 Å². The predicted octanol–water partition coefficient (Wildman–Crippen LogP) is 3.03. The van der Waals surface area contributed by atoms with Gasteiger partial charge in [-0.15, -0.1) is 0 Å². The largest absolute Gasteiger partial charge is 0.347 e. The summed E-state index contributed by atoms with van der Waals surface area (Å²) in [5.41, 5.74) is 1.37. The Balaban J connectivity index is 1.49. The van der Waals surface area contributed by atoms with Gasteiger partial charge in [0.15, 0.2) is 5.82 Å². The first-order valence-corrected chi connectivity index (χ1v) is 9.54. The molecule has 2 fully saturated rings. The van der Waals surface area contributed by atoms with Gasteiger partial charge in [-0.2, -0.15) is 4.98 Å². The minimum absolute atomic E-state index is 0.00303. The SMILES string of the molecule is CC(C)C(=O)NCc1nc([C@H]2C[C@@H](c3ccccc3)N3CCC[C@H]23)no1. The summed E-state index contributed by atoms with van der Waals surface area (Å²) in [7, 11) is 0. The number of amides is 1. The molecule has 6 nitrogen and oxygen atoms in total. The molecule has 26 heavy (non-hydrogen) atoms. The number of nitrogens with one attached hydrogen (secondary N) is 1. The number of rotatable bonds is 5. The van der Waals surface area contributed by atoms with E-state index in [1.54, 1.807) is 0 Å². The number of hydrogen-bond donors (Lipinski definition) is 1. The Hall–Kier alpha value is -2.21. The molecule has 3 atom stereocenters. The van der Waals surface area contributed by atoms with E-state index in [9.17, 15) is 4.79 Å². The maximum Gasteiger partial charge on any atom is 0.246 e. The maximum atomic E-state index is 11.7. The lowest BCUT2D eigenvalue weighted by Crippen LogP contribution is -2.28. The highest BCUT2D eigenvalue weighted by atomic mass is 16.5. The van der Waals surface area contributed by atoms with Crippen LogP contribution in [0, 0.1) is 5.92 Å². The quantitative estimate of drug-likeness (QED) is 0.894. The zero-order valence-electron chi connectivity index (χ0n) is 15.4. The van der Waals surface area contributed by atoms with E-state index >= 15 is 0 Å². The molecular formula is C20H26N4O2. The van der Waals surface area contributed by atoms with Gasteiger partial charge >= 0.3 is 0 Å². The molecule has 0 radical (unpaired) electrons. The zero-order chi connectivity index (χ0) is 18.1. The minimum Gasteiger partial charge on any atom is -0.347 e. The maximum absolute atomic E-state index is 11.7. The topological polar surface area (TPSA) is 71.3 Å². The van der Waals surface area contributed by atoms with Crippen molar-refractivity contribution in [1.29, 1.82) is 0 Å². The number of carbonyl (C=O) groups is 1. The van der Waals surface area contributed by atoms with Gasteiger partial charge in [-0.05, 0) is 31.4 Å². The van der Waals surface area contributed by atoms with Crippen LogP contribution in [0.15, 0.2) is 34.9 Å². The fourth-order valence-electron chi connectivity index (χ4n) is 4.30. The molecule has 0 unspecified atom stereocenters. The van der Waals surface area contributed by atoms with E-state index in [0.29, 0.717) is 30.4 Å². The predicted molar refractivity (Wildman–Crippen MR) is 97.3 cm³/mol. The molecule has 3 heterocycles. The first kappa shape index (κ1) is 17.2. The van der Waals surface area contributed by atoms with Gasteiger partial charge < -0.3 is 9.84 Å². The van der Waals surface area contributed by atoms with Crippen molar-refractivity contribution < 1.29 is 9.32 Å². The van der Waals surface area contributed by atoms with Crippen LogP contribution >= 0.6 is 0 Å². The average Bonchev–Trinajstić information content (AvgIpc) is 3.36. The van der Waals surface area contributed by atoms with Crippen LogP contribution in [-0.2, 0) is 11.3 Å². The smallest absolute Gasteiger partial charge is 0.246 e. The Morgan fingerprint density at radius 2 is 2.15 bits per heavy atom. The van der Waals surface area contributed by atoms with Crippen molar-refractivity contribution in [3.05, 3.63) is 47.6 Å². The van der Waals surface area contributed by atoms with Crippen molar-refractivity contribution >= 4 is 5.91 Å². The Kier molecular flexibility index (Phi) is 4.76. The second kappa shape index (κ2) is 7.19. The molecule has 0 bridgehead atoms. The summed E-state index contributed by atoms with van der Waals surface area (Å²) in [6.45, 7) is 5.17. The summed E-state index contributed by atoms with van der Waals surface area (Å²) < 4.78 is 5.40. The number of fused-ring (bicyclic) bond motifs is 1. The van der Waals surface area contributed by atoms with Gasteiger partial charge in [-0.25, -0.2) is 0 Å². The Morgan fingerprint density at radius 1 is 1.35 bits per heavy atom. The molecule has 0 saturated carbocycles. The van der Waals surface area contributed by atoms with E-state index in [1.807, 2.05) is 13.8 Å². The normalized spacial score (nSPS) is 25.6. The van der Waals surface area contributed by atoms with Gasteiger partial charge in [0, 0.05) is 23.9 Å². The molecule has 2 saturated heterocycles. The van der Waals surface area contributed by atoms with E-state index < -0.39 is 0 Å². The van der Waals surface area contributed by atoms with Gasteiger partial charge in [0.1, 0.15) is 0 Å². The van der Waals surface area contributed by atoms with Crippen LogP contribution in [0.5, 0.6) is 0 Å². The van der Waals surface area contributed by atoms with Gasteiger partial charge in [-0.1, -0.05) is 49.3 Å². The van der Waals surface area contributed by atoms with Crippen molar-refractivity contribution in [3.63, 3.8) is 0 Å². The monoisotopic (exact) mass is 354 g/mol. The lowest BCUT2D eigenvalue weighted by atomic mass is 9.94. The highest BCUT2D eigenvalue weighted by molar-refractivity contribution is 5.77. The molecule has 138 valence electrons. The molecule has 1 aromatic heterocycles. The number of carbonyl (C=O) groups excluding carboxylic acids is 1. The third-order valence-electron chi connectivity index (χ3n) is 5.62. The first-order valence-electron chi connectivity index (χ1n) is 9.54. The van der Waals surface area contributed by atoms with Crippen LogP contribution in [0.3, 0.4) is 0 Å². The number of aromatic nitrogens is 2. The van der Waals surface area contributed by atoms with Crippen molar-refractivity contribution in [2.24, 2.45) is 5.92 Å². The van der Waals surface area contributed by atoms with E-state index in [-0.39, 0.29) is 11.8 Å². The van der Waals surface area contributed by atoms with Crippen molar-refractivity contribution in [3.8, 4) is 0 Å². The second-order valence-corrected chi connectivity index (χ2v) is 7.63. The minimum atomic E-state index is -0.0501. The van der Waals surface area contributed by atoms with Gasteiger partial charge in [-0.3, -0.25) is 9.69 Å². The molecule has 1 N–H and O–H groups in total. The number of hydrogen-bond acceptors (Lipinski definition) is 5. The molecule has 0 aliphatic carbocycles. The Bertz CT molecular complexity index is 758. The summed E-state index contributed by atoms with van der Waals surface area (Å²) in [5, 5.41) is 7.08. The fraction of sp³-hybridized carbons (Fsp3) is 0.550. The lowest BCUT2D eigenvalue weighted by Gasteiger charge is -2.24. The number of nitrogens with zero attached hydrogens (tertiary/aromatic N) is 3. The standard InChI is InChI=1S/C20H26N4O2/c1-13(2)20(25)21-12-18-22-19(23-26-18)15-11-17(14-7-4-3-5-8-14)24-10-6-9-16(15)24/h3-5,7-8,13,15-17H,6,9-12H2,1-2H3,(H,21,25)/t15-,16+,17-/m0/s1. The fourth-order valence-corrected chi connectivity index (χ4v) is 4.30. The van der Waals surface area contributed by atoms with Crippen molar-refractivity contribution in [2.75, 3.05) is 6.54 Å². The molecule has 0 spiro atoms. The van der Waals surface area contributed by atoms with Gasteiger partial charge in [0.2, 0.25) is 11.8 Å². The summed E-state index contributed by atoms with van der Waals surface area (Å²) >= 11 is 0. The van der Waals surface area contributed by atoms with Crippen LogP contribution in [0.1, 0.15) is 62.3 Å². The zero-order valence-corrected chi connectivity index (χ0v) is 15.4. The summed E-state index contributed by atoms with van der Waals surface area (Å²) in [6, 6.07) is 11.6. The molecule has 2 aliphatic rings. The molecule has 2 aliphatic heterocycles. The van der Waals surface area contributed by atoms with Crippen LogP contribution in [0.25, 0.3) is 0 Å². The molecule has 1 aromatic carbocycles. The summed E-state index contributed by atoms with van der Waals surface area (Å²) in [5.74, 6) is 1.51. The third kappa shape index (κ3) is 3.26. The Labute approximate surface area is 154 Å². The molecule has 4 rings (SSSR count). The van der Waals surface area contributed by atoms with E-state index in [1.165, 1.54) is 18.4 Å². The Morgan fingerprint density at radius 3 is 2.92 bits per heavy atom. The average molecular weight is 354 g/mol. The van der Waals surface area contributed by atoms with E-state index in [4.69, 9.17) is 4.52 Å². The van der Waals surface area contributed by atoms with Gasteiger partial charge in [0.05, 0.1) is 6.54 Å². The van der Waals surface area contributed by atoms with E-state index in [2.05, 4.69) is 50.7 Å². The highest BCUT2D eigenvalue weighted by Gasteiger charge is 2.46. The van der Waals surface area contributed by atoms with Crippen molar-refractivity contribution in [2.45, 2.75) is 57.7 Å². The molecule has 2 aromatic rings. The lowest BCUT2D eigenvalue weighted by molar-refractivity contribution is -0.124. The third-order valence-corrected chi connectivity index (χ3v) is 5.62. The molecule has 6 heteroatoms.